The van der Waals surface area contributed by atoms with E-state index in [0.29, 0.717) is 0 Å². The molecule has 0 aromatic heterocycles. The van der Waals surface area contributed by atoms with Crippen molar-refractivity contribution in [3.8, 4) is 0 Å². The summed E-state index contributed by atoms with van der Waals surface area (Å²) in [7, 11) is 2.10. The van der Waals surface area contributed by atoms with Crippen LogP contribution >= 0.6 is 0 Å². The van der Waals surface area contributed by atoms with Gasteiger partial charge in [0.1, 0.15) is 11.8 Å². The molecule has 0 bridgehead atoms. The molecule has 1 aromatic carbocycles. The van der Waals surface area contributed by atoms with Crippen LogP contribution in [-0.4, -0.2) is 24.1 Å². The standard InChI is InChI=1S/C17H21NO2/c1-4-14-16-15(11-10-12(2)18(16)3)20-17(19-14)13-8-6-5-7-9-13/h5-11,14,16-17H,4H2,1-3H3. The van der Waals surface area contributed by atoms with Crippen LogP contribution in [0.25, 0.3) is 0 Å². The lowest BCUT2D eigenvalue weighted by Crippen LogP contribution is -2.48. The molecule has 0 spiro atoms. The van der Waals surface area contributed by atoms with E-state index in [9.17, 15) is 0 Å². The molecule has 2 aliphatic heterocycles. The van der Waals surface area contributed by atoms with Crippen LogP contribution in [-0.2, 0) is 9.47 Å². The van der Waals surface area contributed by atoms with Crippen molar-refractivity contribution in [3.63, 3.8) is 0 Å². The molecular formula is C17H21NO2. The number of rotatable bonds is 2. The van der Waals surface area contributed by atoms with Gasteiger partial charge in [-0.1, -0.05) is 37.3 Å². The first-order valence-corrected chi connectivity index (χ1v) is 7.19. The number of nitrogens with zero attached hydrogens (tertiary/aromatic N) is 1. The summed E-state index contributed by atoms with van der Waals surface area (Å²) >= 11 is 0. The van der Waals surface area contributed by atoms with Crippen LogP contribution in [0.2, 0.25) is 0 Å². The molecule has 2 aliphatic rings. The Morgan fingerprint density at radius 2 is 1.90 bits per heavy atom. The van der Waals surface area contributed by atoms with Gasteiger partial charge in [-0.15, -0.1) is 0 Å². The van der Waals surface area contributed by atoms with Crippen molar-refractivity contribution in [2.75, 3.05) is 7.05 Å². The molecule has 2 heterocycles. The lowest BCUT2D eigenvalue weighted by molar-refractivity contribution is -0.211. The van der Waals surface area contributed by atoms with Crippen molar-refractivity contribution < 1.29 is 9.47 Å². The van der Waals surface area contributed by atoms with Gasteiger partial charge in [0.15, 0.2) is 0 Å². The van der Waals surface area contributed by atoms with Gasteiger partial charge in [-0.25, -0.2) is 0 Å². The number of hydrogen-bond acceptors (Lipinski definition) is 3. The van der Waals surface area contributed by atoms with Crippen LogP contribution in [0.5, 0.6) is 0 Å². The Morgan fingerprint density at radius 1 is 1.15 bits per heavy atom. The molecule has 20 heavy (non-hydrogen) atoms. The van der Waals surface area contributed by atoms with E-state index in [-0.39, 0.29) is 18.4 Å². The summed E-state index contributed by atoms with van der Waals surface area (Å²) in [4.78, 5) is 2.24. The molecule has 3 atom stereocenters. The Hall–Kier alpha value is -1.74. The highest BCUT2D eigenvalue weighted by molar-refractivity contribution is 5.27. The number of benzene rings is 1. The van der Waals surface area contributed by atoms with Crippen molar-refractivity contribution in [2.24, 2.45) is 0 Å². The molecule has 3 heteroatoms. The average Bonchev–Trinajstić information content (AvgIpc) is 2.50. The molecular weight excluding hydrogens is 250 g/mol. The molecule has 106 valence electrons. The Balaban J connectivity index is 1.91. The Labute approximate surface area is 120 Å². The monoisotopic (exact) mass is 271 g/mol. The van der Waals surface area contributed by atoms with E-state index < -0.39 is 0 Å². The third-order valence-corrected chi connectivity index (χ3v) is 4.12. The van der Waals surface area contributed by atoms with Crippen LogP contribution in [0.4, 0.5) is 0 Å². The molecule has 1 fully saturated rings. The van der Waals surface area contributed by atoms with E-state index in [1.807, 2.05) is 30.3 Å². The quantitative estimate of drug-likeness (QED) is 0.820. The number of likely N-dealkylation sites (N-methyl/N-ethyl adjacent to an activating group) is 1. The highest BCUT2D eigenvalue weighted by atomic mass is 16.7. The van der Waals surface area contributed by atoms with Crippen molar-refractivity contribution in [1.82, 2.24) is 4.90 Å². The van der Waals surface area contributed by atoms with E-state index >= 15 is 0 Å². The van der Waals surface area contributed by atoms with Gasteiger partial charge in [-0.05, 0) is 25.5 Å². The maximum absolute atomic E-state index is 6.18. The van der Waals surface area contributed by atoms with Gasteiger partial charge in [0.2, 0.25) is 6.29 Å². The van der Waals surface area contributed by atoms with Crippen LogP contribution in [0.15, 0.2) is 53.9 Å². The number of allylic oxidation sites excluding steroid dienone is 3. The molecule has 0 radical (unpaired) electrons. The Kier molecular flexibility index (Phi) is 3.53. The third-order valence-electron chi connectivity index (χ3n) is 4.12. The molecule has 1 saturated heterocycles. The minimum absolute atomic E-state index is 0.147. The lowest BCUT2D eigenvalue weighted by atomic mass is 9.99. The Morgan fingerprint density at radius 3 is 2.60 bits per heavy atom. The van der Waals surface area contributed by atoms with Crippen LogP contribution in [0, 0.1) is 0 Å². The SMILES string of the molecule is CCC1OC(c2ccccc2)OC2=CC=C(C)N(C)C21. The van der Waals surface area contributed by atoms with Gasteiger partial charge in [0, 0.05) is 18.3 Å². The van der Waals surface area contributed by atoms with Crippen LogP contribution in [0.1, 0.15) is 32.1 Å². The fourth-order valence-electron chi connectivity index (χ4n) is 2.83. The second-order valence-corrected chi connectivity index (χ2v) is 5.38. The van der Waals surface area contributed by atoms with Gasteiger partial charge < -0.3 is 14.4 Å². The maximum atomic E-state index is 6.18. The van der Waals surface area contributed by atoms with Crippen LogP contribution < -0.4 is 0 Å². The molecule has 0 aliphatic carbocycles. The topological polar surface area (TPSA) is 21.7 Å². The highest BCUT2D eigenvalue weighted by Gasteiger charge is 2.39. The van der Waals surface area contributed by atoms with E-state index in [1.165, 1.54) is 5.70 Å². The van der Waals surface area contributed by atoms with Gasteiger partial charge in [-0.3, -0.25) is 0 Å². The molecule has 0 saturated carbocycles. The molecule has 1 aromatic rings. The molecule has 0 N–H and O–H groups in total. The molecule has 3 rings (SSSR count). The minimum atomic E-state index is -0.302. The van der Waals surface area contributed by atoms with Gasteiger partial charge in [0.25, 0.3) is 0 Å². The normalized spacial score (nSPS) is 29.1. The second-order valence-electron chi connectivity index (χ2n) is 5.38. The first-order chi connectivity index (χ1) is 9.70. The number of fused-ring (bicyclic) bond motifs is 1. The Bertz CT molecular complexity index is 535. The highest BCUT2D eigenvalue weighted by Crippen LogP contribution is 2.37. The summed E-state index contributed by atoms with van der Waals surface area (Å²) in [6.07, 6.45) is 5.00. The lowest BCUT2D eigenvalue weighted by Gasteiger charge is -2.45. The maximum Gasteiger partial charge on any atom is 0.226 e. The second kappa shape index (κ2) is 5.33. The summed E-state index contributed by atoms with van der Waals surface area (Å²) in [6.45, 7) is 4.28. The van der Waals surface area contributed by atoms with E-state index in [1.54, 1.807) is 0 Å². The van der Waals surface area contributed by atoms with Crippen molar-refractivity contribution in [1.29, 1.82) is 0 Å². The average molecular weight is 271 g/mol. The van der Waals surface area contributed by atoms with Crippen molar-refractivity contribution >= 4 is 0 Å². The number of ether oxygens (including phenoxy) is 2. The predicted molar refractivity (Wildman–Crippen MR) is 78.8 cm³/mol. The summed E-state index contributed by atoms with van der Waals surface area (Å²) in [5.41, 5.74) is 2.31. The summed E-state index contributed by atoms with van der Waals surface area (Å²) in [5, 5.41) is 0. The third kappa shape index (κ3) is 2.22. The molecule has 0 amide bonds. The first kappa shape index (κ1) is 13.3. The summed E-state index contributed by atoms with van der Waals surface area (Å²) in [5.74, 6) is 1.00. The van der Waals surface area contributed by atoms with Crippen molar-refractivity contribution in [3.05, 3.63) is 59.5 Å². The minimum Gasteiger partial charge on any atom is -0.463 e. The first-order valence-electron chi connectivity index (χ1n) is 7.19. The fraction of sp³-hybridized carbons (Fsp3) is 0.412. The van der Waals surface area contributed by atoms with Gasteiger partial charge in [0.05, 0.1) is 6.10 Å². The fourth-order valence-corrected chi connectivity index (χ4v) is 2.83. The summed E-state index contributed by atoms with van der Waals surface area (Å²) < 4.78 is 12.3. The van der Waals surface area contributed by atoms with Crippen LogP contribution in [0.3, 0.4) is 0 Å². The smallest absolute Gasteiger partial charge is 0.226 e. The van der Waals surface area contributed by atoms with E-state index in [2.05, 4.69) is 37.9 Å². The zero-order chi connectivity index (χ0) is 14.1. The zero-order valence-corrected chi connectivity index (χ0v) is 12.2. The van der Waals surface area contributed by atoms with Gasteiger partial charge >= 0.3 is 0 Å². The number of hydrogen-bond donors (Lipinski definition) is 0. The molecule has 3 unspecified atom stereocenters. The van der Waals surface area contributed by atoms with E-state index in [0.717, 1.165) is 17.7 Å². The molecule has 3 nitrogen and oxygen atoms in total. The van der Waals surface area contributed by atoms with E-state index in [4.69, 9.17) is 9.47 Å². The largest absolute Gasteiger partial charge is 0.463 e. The zero-order valence-electron chi connectivity index (χ0n) is 12.2. The van der Waals surface area contributed by atoms with Gasteiger partial charge in [-0.2, -0.15) is 0 Å². The predicted octanol–water partition coefficient (Wildman–Crippen LogP) is 3.61. The summed E-state index contributed by atoms with van der Waals surface area (Å²) in [6, 6.07) is 10.3. The van der Waals surface area contributed by atoms with Crippen molar-refractivity contribution in [2.45, 2.75) is 38.7 Å².